The number of aromatic hydroxyl groups is 1. The van der Waals surface area contributed by atoms with Crippen LogP contribution in [0.3, 0.4) is 0 Å². The van der Waals surface area contributed by atoms with Crippen molar-refractivity contribution in [2.45, 2.75) is 19.4 Å². The summed E-state index contributed by atoms with van der Waals surface area (Å²) >= 11 is 0. The van der Waals surface area contributed by atoms with Crippen molar-refractivity contribution in [2.24, 2.45) is 7.05 Å². The standard InChI is InChI=1S/C20H25N7O4/c1-5-12(11-9-7-6-8-10-11)21-13-14(19(30)24-23-18(13)29)22-17-16(28)15(27(4)25-17)20(31)26(2)3/h6-10,12,28H,5H2,1-4H3,(H2,21,24,30)(H2,22,23,25,29)/t12-/m1/s1. The molecule has 0 saturated carbocycles. The highest BCUT2D eigenvalue weighted by molar-refractivity contribution is 5.97. The van der Waals surface area contributed by atoms with Crippen molar-refractivity contribution in [1.29, 1.82) is 0 Å². The first-order valence-electron chi connectivity index (χ1n) is 9.65. The Balaban J connectivity index is 2.03. The molecule has 3 rings (SSSR count). The number of carbonyl (C=O) groups is 1. The van der Waals surface area contributed by atoms with Gasteiger partial charge in [-0.1, -0.05) is 37.3 Å². The van der Waals surface area contributed by atoms with Gasteiger partial charge in [0, 0.05) is 21.1 Å². The van der Waals surface area contributed by atoms with Crippen LogP contribution in [-0.2, 0) is 7.05 Å². The third kappa shape index (κ3) is 4.29. The van der Waals surface area contributed by atoms with Crippen molar-refractivity contribution in [2.75, 3.05) is 24.7 Å². The van der Waals surface area contributed by atoms with E-state index < -0.39 is 22.8 Å². The topological polar surface area (TPSA) is 148 Å². The normalized spacial score (nSPS) is 11.7. The van der Waals surface area contributed by atoms with Gasteiger partial charge in [0.15, 0.2) is 17.3 Å². The number of amides is 1. The maximum atomic E-state index is 12.5. The van der Waals surface area contributed by atoms with Gasteiger partial charge in [-0.25, -0.2) is 0 Å². The fraction of sp³-hybridized carbons (Fsp3) is 0.300. The third-order valence-electron chi connectivity index (χ3n) is 4.80. The second-order valence-electron chi connectivity index (χ2n) is 7.17. The van der Waals surface area contributed by atoms with Gasteiger partial charge >= 0.3 is 0 Å². The summed E-state index contributed by atoms with van der Waals surface area (Å²) in [5.41, 5.74) is -0.443. The third-order valence-corrected chi connectivity index (χ3v) is 4.80. The van der Waals surface area contributed by atoms with Crippen LogP contribution in [0.15, 0.2) is 39.9 Å². The fourth-order valence-electron chi connectivity index (χ4n) is 3.17. The lowest BCUT2D eigenvalue weighted by molar-refractivity contribution is 0.0814. The number of carbonyl (C=O) groups excluding carboxylic acids is 1. The first kappa shape index (κ1) is 21.7. The van der Waals surface area contributed by atoms with E-state index in [-0.39, 0.29) is 28.9 Å². The highest BCUT2D eigenvalue weighted by Gasteiger charge is 2.25. The number of nitrogens with zero attached hydrogens (tertiary/aromatic N) is 3. The molecule has 1 atom stereocenters. The molecule has 0 saturated heterocycles. The summed E-state index contributed by atoms with van der Waals surface area (Å²) in [7, 11) is 4.57. The minimum atomic E-state index is -0.629. The van der Waals surface area contributed by atoms with E-state index in [1.54, 1.807) is 14.1 Å². The largest absolute Gasteiger partial charge is 0.503 e. The number of aromatic nitrogens is 4. The van der Waals surface area contributed by atoms with Crippen LogP contribution in [0.25, 0.3) is 0 Å². The molecule has 0 radical (unpaired) electrons. The average Bonchev–Trinajstić information content (AvgIpc) is 3.03. The van der Waals surface area contributed by atoms with E-state index >= 15 is 0 Å². The van der Waals surface area contributed by atoms with Gasteiger partial charge in [0.05, 0.1) is 6.04 Å². The van der Waals surface area contributed by atoms with Crippen LogP contribution in [0.4, 0.5) is 17.2 Å². The zero-order valence-electron chi connectivity index (χ0n) is 17.7. The van der Waals surface area contributed by atoms with Crippen LogP contribution < -0.4 is 21.8 Å². The SMILES string of the molecule is CC[C@@H](Nc1c(Nc2nn(C)c(C(=O)N(C)C)c2O)c(=O)[nH][nH]c1=O)c1ccccc1. The van der Waals surface area contributed by atoms with Gasteiger partial charge in [-0.3, -0.25) is 29.3 Å². The maximum absolute atomic E-state index is 12.5. The first-order chi connectivity index (χ1) is 14.7. The minimum absolute atomic E-state index is 0.00927. The maximum Gasteiger partial charge on any atom is 0.288 e. The molecule has 0 spiro atoms. The van der Waals surface area contributed by atoms with Crippen LogP contribution in [0, 0.1) is 0 Å². The van der Waals surface area contributed by atoms with Gasteiger partial charge in [-0.05, 0) is 12.0 Å². The summed E-state index contributed by atoms with van der Waals surface area (Å²) in [6.45, 7) is 1.95. The number of hydrogen-bond acceptors (Lipinski definition) is 7. The molecule has 0 aliphatic rings. The van der Waals surface area contributed by atoms with E-state index in [9.17, 15) is 19.5 Å². The number of H-pyrrole nitrogens is 2. The minimum Gasteiger partial charge on any atom is -0.503 e. The summed E-state index contributed by atoms with van der Waals surface area (Å²) in [4.78, 5) is 38.7. The Morgan fingerprint density at radius 3 is 2.35 bits per heavy atom. The highest BCUT2D eigenvalue weighted by Crippen LogP contribution is 2.31. The second-order valence-corrected chi connectivity index (χ2v) is 7.17. The molecule has 0 aliphatic carbocycles. The molecule has 3 aromatic rings. The predicted octanol–water partition coefficient (Wildman–Crippen LogP) is 1.51. The molecule has 0 fully saturated rings. The van der Waals surface area contributed by atoms with E-state index in [4.69, 9.17) is 0 Å². The molecule has 2 aromatic heterocycles. The molecule has 0 aliphatic heterocycles. The first-order valence-corrected chi connectivity index (χ1v) is 9.65. The van der Waals surface area contributed by atoms with E-state index in [1.165, 1.54) is 16.6 Å². The molecule has 2 heterocycles. The Kier molecular flexibility index (Phi) is 6.14. The summed E-state index contributed by atoms with van der Waals surface area (Å²) in [6, 6.07) is 9.25. The van der Waals surface area contributed by atoms with Gasteiger partial charge in [0.1, 0.15) is 11.4 Å². The molecule has 0 unspecified atom stereocenters. The Hall–Kier alpha value is -4.02. The Morgan fingerprint density at radius 1 is 1.16 bits per heavy atom. The van der Waals surface area contributed by atoms with Crippen LogP contribution in [0.2, 0.25) is 0 Å². The van der Waals surface area contributed by atoms with Gasteiger partial charge in [-0.15, -0.1) is 0 Å². The Morgan fingerprint density at radius 2 is 1.77 bits per heavy atom. The number of hydrogen-bond donors (Lipinski definition) is 5. The van der Waals surface area contributed by atoms with Gasteiger partial charge in [0.25, 0.3) is 17.0 Å². The van der Waals surface area contributed by atoms with Gasteiger partial charge < -0.3 is 20.6 Å². The van der Waals surface area contributed by atoms with Crippen molar-refractivity contribution < 1.29 is 9.90 Å². The Bertz CT molecular complexity index is 1190. The predicted molar refractivity (Wildman–Crippen MR) is 117 cm³/mol. The summed E-state index contributed by atoms with van der Waals surface area (Å²) in [5, 5.41) is 25.0. The number of anilines is 3. The molecular formula is C20H25N7O4. The number of nitrogens with one attached hydrogen (secondary N) is 4. The van der Waals surface area contributed by atoms with Crippen molar-refractivity contribution in [1.82, 2.24) is 24.9 Å². The number of benzene rings is 1. The molecule has 11 nitrogen and oxygen atoms in total. The van der Waals surface area contributed by atoms with Crippen LogP contribution in [-0.4, -0.2) is 50.0 Å². The average molecular weight is 427 g/mol. The van der Waals surface area contributed by atoms with E-state index in [2.05, 4.69) is 25.9 Å². The summed E-state index contributed by atoms with van der Waals surface area (Å²) in [5.74, 6) is -1.02. The highest BCUT2D eigenvalue weighted by atomic mass is 16.3. The Labute approximate surface area is 177 Å². The summed E-state index contributed by atoms with van der Waals surface area (Å²) in [6.07, 6.45) is 0.645. The van der Waals surface area contributed by atoms with Crippen molar-refractivity contribution in [3.05, 3.63) is 62.3 Å². The molecule has 5 N–H and O–H groups in total. The number of aryl methyl sites for hydroxylation is 1. The molecule has 1 amide bonds. The smallest absolute Gasteiger partial charge is 0.288 e. The molecule has 11 heteroatoms. The van der Waals surface area contributed by atoms with Gasteiger partial charge in [0.2, 0.25) is 0 Å². The van der Waals surface area contributed by atoms with E-state index in [0.29, 0.717) is 6.42 Å². The number of aromatic amines is 2. The van der Waals surface area contributed by atoms with Crippen LogP contribution in [0.5, 0.6) is 5.75 Å². The second kappa shape index (κ2) is 8.78. The molecule has 0 bridgehead atoms. The summed E-state index contributed by atoms with van der Waals surface area (Å²) < 4.78 is 1.20. The van der Waals surface area contributed by atoms with Crippen LogP contribution >= 0.6 is 0 Å². The van der Waals surface area contributed by atoms with Crippen molar-refractivity contribution >= 4 is 23.1 Å². The van der Waals surface area contributed by atoms with Crippen molar-refractivity contribution in [3.63, 3.8) is 0 Å². The molecular weight excluding hydrogens is 402 g/mol. The monoisotopic (exact) mass is 427 g/mol. The molecule has 1 aromatic carbocycles. The lowest BCUT2D eigenvalue weighted by atomic mass is 10.0. The van der Waals surface area contributed by atoms with Crippen molar-refractivity contribution in [3.8, 4) is 5.75 Å². The number of rotatable bonds is 7. The lowest BCUT2D eigenvalue weighted by Gasteiger charge is -2.20. The molecule has 31 heavy (non-hydrogen) atoms. The zero-order valence-corrected chi connectivity index (χ0v) is 17.7. The van der Waals surface area contributed by atoms with E-state index in [0.717, 1.165) is 5.56 Å². The quantitative estimate of drug-likeness (QED) is 0.384. The van der Waals surface area contributed by atoms with Crippen LogP contribution in [0.1, 0.15) is 35.4 Å². The molecule has 164 valence electrons. The lowest BCUT2D eigenvalue weighted by Crippen LogP contribution is -2.27. The zero-order chi connectivity index (χ0) is 22.7. The fourth-order valence-corrected chi connectivity index (χ4v) is 3.17. The van der Waals surface area contributed by atoms with E-state index in [1.807, 2.05) is 37.3 Å². The van der Waals surface area contributed by atoms with Gasteiger partial charge in [-0.2, -0.15) is 5.10 Å².